The second-order valence-corrected chi connectivity index (χ2v) is 6.45. The van der Waals surface area contributed by atoms with Gasteiger partial charge in [0.1, 0.15) is 16.4 Å². The van der Waals surface area contributed by atoms with Crippen LogP contribution in [0.2, 0.25) is 5.02 Å². The largest absolute Gasteiger partial charge is 0.497 e. The highest BCUT2D eigenvalue weighted by Gasteiger charge is 2.17. The lowest BCUT2D eigenvalue weighted by atomic mass is 10.2. The van der Waals surface area contributed by atoms with Crippen LogP contribution in [0.1, 0.15) is 16.6 Å². The maximum absolute atomic E-state index is 12.5. The van der Waals surface area contributed by atoms with Gasteiger partial charge in [0.2, 0.25) is 0 Å². The molecule has 0 radical (unpaired) electrons. The van der Waals surface area contributed by atoms with E-state index in [-0.39, 0.29) is 5.91 Å². The number of halogens is 1. The van der Waals surface area contributed by atoms with Gasteiger partial charge < -0.3 is 14.8 Å². The highest BCUT2D eigenvalue weighted by Crippen LogP contribution is 2.37. The molecule has 6 heteroatoms. The molecule has 1 amide bonds. The fourth-order valence-corrected chi connectivity index (χ4v) is 3.69. The van der Waals surface area contributed by atoms with Crippen molar-refractivity contribution >= 4 is 44.6 Å². The Balaban J connectivity index is 1.84. The number of hydrogen-bond acceptors (Lipinski definition) is 4. The van der Waals surface area contributed by atoms with Gasteiger partial charge in [-0.25, -0.2) is 0 Å². The number of anilines is 1. The highest BCUT2D eigenvalue weighted by molar-refractivity contribution is 7.21. The Bertz CT molecular complexity index is 874. The van der Waals surface area contributed by atoms with Crippen LogP contribution < -0.4 is 14.8 Å². The molecular weight excluding hydrogens is 346 g/mol. The lowest BCUT2D eigenvalue weighted by Gasteiger charge is -2.06. The third kappa shape index (κ3) is 3.32. The van der Waals surface area contributed by atoms with E-state index in [0.29, 0.717) is 27.9 Å². The van der Waals surface area contributed by atoms with Crippen LogP contribution in [0.15, 0.2) is 42.5 Å². The molecule has 24 heavy (non-hydrogen) atoms. The summed E-state index contributed by atoms with van der Waals surface area (Å²) in [6, 6.07) is 12.8. The third-order valence-electron chi connectivity index (χ3n) is 3.46. The standard InChI is InChI=1S/C18H16ClNO3S/c1-3-23-12-6-4-11(5-7-12)20-18(21)17-16(19)14-10-13(22-2)8-9-15(14)24-17/h4-10H,3H2,1-2H3,(H,20,21). The van der Waals surface area contributed by atoms with Crippen molar-refractivity contribution in [1.82, 2.24) is 0 Å². The van der Waals surface area contributed by atoms with Crippen LogP contribution in [0.4, 0.5) is 5.69 Å². The number of fused-ring (bicyclic) bond motifs is 1. The zero-order valence-corrected chi connectivity index (χ0v) is 14.8. The first-order valence-electron chi connectivity index (χ1n) is 7.42. The van der Waals surface area contributed by atoms with Gasteiger partial charge in [-0.15, -0.1) is 11.3 Å². The van der Waals surface area contributed by atoms with E-state index >= 15 is 0 Å². The van der Waals surface area contributed by atoms with Gasteiger partial charge in [0.15, 0.2) is 0 Å². The van der Waals surface area contributed by atoms with E-state index in [4.69, 9.17) is 21.1 Å². The summed E-state index contributed by atoms with van der Waals surface area (Å²) in [5.41, 5.74) is 0.689. The Kier molecular flexibility index (Phi) is 4.92. The molecule has 0 aliphatic rings. The van der Waals surface area contributed by atoms with Crippen LogP contribution in [0.3, 0.4) is 0 Å². The van der Waals surface area contributed by atoms with Gasteiger partial charge in [-0.2, -0.15) is 0 Å². The fourth-order valence-electron chi connectivity index (χ4n) is 2.31. The molecule has 2 aromatic carbocycles. The number of rotatable bonds is 5. The van der Waals surface area contributed by atoms with E-state index in [2.05, 4.69) is 5.32 Å². The number of ether oxygens (including phenoxy) is 2. The van der Waals surface area contributed by atoms with Crippen molar-refractivity contribution in [3.05, 3.63) is 52.4 Å². The Morgan fingerprint density at radius 3 is 2.54 bits per heavy atom. The summed E-state index contributed by atoms with van der Waals surface area (Å²) in [4.78, 5) is 13.0. The molecular formula is C18H16ClNO3S. The van der Waals surface area contributed by atoms with Gasteiger partial charge in [-0.3, -0.25) is 4.79 Å². The topological polar surface area (TPSA) is 47.6 Å². The minimum absolute atomic E-state index is 0.232. The van der Waals surface area contributed by atoms with Crippen molar-refractivity contribution in [3.8, 4) is 11.5 Å². The summed E-state index contributed by atoms with van der Waals surface area (Å²) in [6.45, 7) is 2.53. The zero-order chi connectivity index (χ0) is 17.1. The van der Waals surface area contributed by atoms with Gasteiger partial charge in [0.25, 0.3) is 5.91 Å². The summed E-state index contributed by atoms with van der Waals surface area (Å²) in [6.07, 6.45) is 0. The van der Waals surface area contributed by atoms with Crippen molar-refractivity contribution in [3.63, 3.8) is 0 Å². The zero-order valence-electron chi connectivity index (χ0n) is 13.3. The van der Waals surface area contributed by atoms with Crippen molar-refractivity contribution in [2.24, 2.45) is 0 Å². The van der Waals surface area contributed by atoms with Crippen LogP contribution in [-0.4, -0.2) is 19.6 Å². The van der Waals surface area contributed by atoms with Gasteiger partial charge in [0.05, 0.1) is 18.7 Å². The number of amides is 1. The van der Waals surface area contributed by atoms with E-state index in [0.717, 1.165) is 15.8 Å². The molecule has 3 aromatic rings. The molecule has 0 saturated carbocycles. The van der Waals surface area contributed by atoms with Crippen LogP contribution in [0, 0.1) is 0 Å². The molecule has 0 saturated heterocycles. The van der Waals surface area contributed by atoms with Crippen LogP contribution in [-0.2, 0) is 0 Å². The third-order valence-corrected chi connectivity index (χ3v) is 5.14. The summed E-state index contributed by atoms with van der Waals surface area (Å²) >= 11 is 7.75. The number of benzene rings is 2. The molecule has 0 aliphatic heterocycles. The smallest absolute Gasteiger partial charge is 0.267 e. The first-order chi connectivity index (χ1) is 11.6. The molecule has 1 heterocycles. The van der Waals surface area contributed by atoms with E-state index in [1.54, 1.807) is 19.2 Å². The number of nitrogens with one attached hydrogen (secondary N) is 1. The Morgan fingerprint density at radius 2 is 1.88 bits per heavy atom. The number of carbonyl (C=O) groups is 1. The molecule has 0 atom stereocenters. The van der Waals surface area contributed by atoms with E-state index in [9.17, 15) is 4.79 Å². The van der Waals surface area contributed by atoms with E-state index in [1.807, 2.05) is 37.3 Å². The number of thiophene rings is 1. The van der Waals surface area contributed by atoms with Crippen molar-refractivity contribution in [2.45, 2.75) is 6.92 Å². The monoisotopic (exact) mass is 361 g/mol. The number of carbonyl (C=O) groups excluding carboxylic acids is 1. The number of methoxy groups -OCH3 is 1. The molecule has 0 fully saturated rings. The van der Waals surface area contributed by atoms with Gasteiger partial charge in [-0.05, 0) is 49.4 Å². The van der Waals surface area contributed by atoms with Gasteiger partial charge in [0, 0.05) is 15.8 Å². The Hall–Kier alpha value is -2.24. The average molecular weight is 362 g/mol. The molecule has 0 unspecified atom stereocenters. The normalized spacial score (nSPS) is 10.6. The van der Waals surface area contributed by atoms with E-state index < -0.39 is 0 Å². The highest BCUT2D eigenvalue weighted by atomic mass is 35.5. The van der Waals surface area contributed by atoms with E-state index in [1.165, 1.54) is 11.3 Å². The second-order valence-electron chi connectivity index (χ2n) is 5.02. The summed E-state index contributed by atoms with van der Waals surface area (Å²) < 4.78 is 11.5. The van der Waals surface area contributed by atoms with Gasteiger partial charge in [-0.1, -0.05) is 11.6 Å². The van der Waals surface area contributed by atoms with Crippen molar-refractivity contribution in [2.75, 3.05) is 19.0 Å². The Labute approximate surface area is 149 Å². The maximum Gasteiger partial charge on any atom is 0.267 e. The Morgan fingerprint density at radius 1 is 1.17 bits per heavy atom. The van der Waals surface area contributed by atoms with Crippen LogP contribution >= 0.6 is 22.9 Å². The lowest BCUT2D eigenvalue weighted by molar-refractivity contribution is 0.103. The summed E-state index contributed by atoms with van der Waals surface area (Å²) in [7, 11) is 1.60. The molecule has 0 bridgehead atoms. The molecule has 0 aliphatic carbocycles. The van der Waals surface area contributed by atoms with Crippen LogP contribution in [0.5, 0.6) is 11.5 Å². The van der Waals surface area contributed by atoms with Gasteiger partial charge >= 0.3 is 0 Å². The SMILES string of the molecule is CCOc1ccc(NC(=O)c2sc3ccc(OC)cc3c2Cl)cc1. The molecule has 1 N–H and O–H groups in total. The van der Waals surface area contributed by atoms with Crippen molar-refractivity contribution in [1.29, 1.82) is 0 Å². The number of hydrogen-bond donors (Lipinski definition) is 1. The minimum Gasteiger partial charge on any atom is -0.497 e. The predicted molar refractivity (Wildman–Crippen MR) is 99.0 cm³/mol. The maximum atomic E-state index is 12.5. The molecule has 4 nitrogen and oxygen atoms in total. The molecule has 0 spiro atoms. The minimum atomic E-state index is -0.232. The second kappa shape index (κ2) is 7.11. The lowest BCUT2D eigenvalue weighted by Crippen LogP contribution is -2.10. The molecule has 124 valence electrons. The first-order valence-corrected chi connectivity index (χ1v) is 8.62. The fraction of sp³-hybridized carbons (Fsp3) is 0.167. The summed E-state index contributed by atoms with van der Waals surface area (Å²) in [5.74, 6) is 1.24. The van der Waals surface area contributed by atoms with Crippen molar-refractivity contribution < 1.29 is 14.3 Å². The average Bonchev–Trinajstić information content (AvgIpc) is 2.93. The quantitative estimate of drug-likeness (QED) is 0.678. The predicted octanol–water partition coefficient (Wildman–Crippen LogP) is 5.21. The molecule has 1 aromatic heterocycles. The molecule has 3 rings (SSSR count). The van der Waals surface area contributed by atoms with Crippen LogP contribution in [0.25, 0.3) is 10.1 Å². The first kappa shape index (κ1) is 16.6. The summed E-state index contributed by atoms with van der Waals surface area (Å²) in [5, 5.41) is 4.12.